The Bertz CT molecular complexity index is 1470. The molecule has 200 valence electrons. The number of esters is 1. The molecular weight excluding hydrogens is 522 g/mol. The molecule has 0 bridgehead atoms. The van der Waals surface area contributed by atoms with Crippen LogP contribution in [-0.4, -0.2) is 37.4 Å². The minimum Gasteiger partial charge on any atom is -0.495 e. The Morgan fingerprint density at radius 3 is 2.33 bits per heavy atom. The molecule has 3 aromatic rings. The number of amides is 3. The van der Waals surface area contributed by atoms with Crippen molar-refractivity contribution in [3.05, 3.63) is 94.7 Å². The quantitative estimate of drug-likeness (QED) is 0.200. The summed E-state index contributed by atoms with van der Waals surface area (Å²) in [7, 11) is 1.43. The number of hydrogen-bond donors (Lipinski definition) is 2. The fourth-order valence-electron chi connectivity index (χ4n) is 3.85. The second-order valence-electron chi connectivity index (χ2n) is 8.54. The number of nitrogens with zero attached hydrogens (tertiary/aromatic N) is 1. The molecule has 0 saturated carbocycles. The summed E-state index contributed by atoms with van der Waals surface area (Å²) >= 11 is 6.25. The van der Waals surface area contributed by atoms with E-state index in [0.717, 1.165) is 17.7 Å². The smallest absolute Gasteiger partial charge is 0.338 e. The van der Waals surface area contributed by atoms with Crippen LogP contribution in [0, 0.1) is 0 Å². The topological polar surface area (TPSA) is 114 Å². The van der Waals surface area contributed by atoms with E-state index in [-0.39, 0.29) is 22.0 Å². The van der Waals surface area contributed by atoms with Crippen LogP contribution >= 0.6 is 11.6 Å². The molecule has 0 atom stereocenters. The molecule has 0 saturated heterocycles. The lowest BCUT2D eigenvalue weighted by Crippen LogP contribution is -2.32. The van der Waals surface area contributed by atoms with Crippen molar-refractivity contribution in [2.24, 2.45) is 0 Å². The van der Waals surface area contributed by atoms with Crippen LogP contribution in [0.4, 0.5) is 17.1 Å². The SMILES string of the molecule is CCCCOC(=O)c1cccc(NC(=O)c2cccc(NC3=C(Cl)C(=O)N(c4ccccc4OC)C3=O)c2)c1. The summed E-state index contributed by atoms with van der Waals surface area (Å²) in [5, 5.41) is 5.33. The zero-order valence-corrected chi connectivity index (χ0v) is 22.1. The lowest BCUT2D eigenvalue weighted by atomic mass is 10.1. The molecule has 10 heteroatoms. The van der Waals surface area contributed by atoms with Gasteiger partial charge < -0.3 is 20.1 Å². The van der Waals surface area contributed by atoms with Gasteiger partial charge in [-0.2, -0.15) is 0 Å². The summed E-state index contributed by atoms with van der Waals surface area (Å²) in [6.45, 7) is 2.33. The maximum atomic E-state index is 13.2. The number of rotatable bonds is 10. The third kappa shape index (κ3) is 6.10. The zero-order valence-electron chi connectivity index (χ0n) is 21.3. The molecule has 9 nitrogen and oxygen atoms in total. The number of hydrogen-bond acceptors (Lipinski definition) is 7. The number of carbonyl (C=O) groups excluding carboxylic acids is 4. The highest BCUT2D eigenvalue weighted by Crippen LogP contribution is 2.35. The highest BCUT2D eigenvalue weighted by atomic mass is 35.5. The van der Waals surface area contributed by atoms with Crippen molar-refractivity contribution >= 4 is 52.4 Å². The fourth-order valence-corrected chi connectivity index (χ4v) is 4.06. The van der Waals surface area contributed by atoms with E-state index in [9.17, 15) is 19.2 Å². The number of benzene rings is 3. The summed E-state index contributed by atoms with van der Waals surface area (Å²) < 4.78 is 10.5. The number of nitrogens with one attached hydrogen (secondary N) is 2. The van der Waals surface area contributed by atoms with Crippen LogP contribution in [0.15, 0.2) is 83.5 Å². The van der Waals surface area contributed by atoms with Gasteiger partial charge in [-0.05, 0) is 55.0 Å². The van der Waals surface area contributed by atoms with Gasteiger partial charge in [0.25, 0.3) is 17.7 Å². The maximum Gasteiger partial charge on any atom is 0.338 e. The molecule has 2 N–H and O–H groups in total. The van der Waals surface area contributed by atoms with Crippen LogP contribution in [-0.2, 0) is 14.3 Å². The van der Waals surface area contributed by atoms with Crippen molar-refractivity contribution in [2.45, 2.75) is 19.8 Å². The van der Waals surface area contributed by atoms with Crippen molar-refractivity contribution < 1.29 is 28.7 Å². The van der Waals surface area contributed by atoms with E-state index in [4.69, 9.17) is 21.1 Å². The summed E-state index contributed by atoms with van der Waals surface area (Å²) in [5.41, 5.74) is 1.51. The van der Waals surface area contributed by atoms with Crippen LogP contribution < -0.4 is 20.3 Å². The number of para-hydroxylation sites is 2. The summed E-state index contributed by atoms with van der Waals surface area (Å²) in [5.74, 6) is -1.93. The molecule has 0 aromatic heterocycles. The van der Waals surface area contributed by atoms with Gasteiger partial charge in [0, 0.05) is 16.9 Å². The lowest BCUT2D eigenvalue weighted by Gasteiger charge is -2.18. The van der Waals surface area contributed by atoms with Crippen LogP contribution in [0.5, 0.6) is 5.75 Å². The minimum absolute atomic E-state index is 0.126. The number of imide groups is 1. The minimum atomic E-state index is -0.698. The lowest BCUT2D eigenvalue weighted by molar-refractivity contribution is -0.120. The molecule has 4 rings (SSSR count). The molecule has 1 heterocycles. The molecule has 1 aliphatic heterocycles. The second-order valence-corrected chi connectivity index (χ2v) is 8.91. The van der Waals surface area contributed by atoms with Gasteiger partial charge in [-0.1, -0.05) is 49.2 Å². The molecule has 3 aromatic carbocycles. The molecule has 0 fully saturated rings. The summed E-state index contributed by atoms with van der Waals surface area (Å²) in [4.78, 5) is 52.1. The Kier molecular flexibility index (Phi) is 8.63. The third-order valence-electron chi connectivity index (χ3n) is 5.83. The summed E-state index contributed by atoms with van der Waals surface area (Å²) in [6.07, 6.45) is 1.68. The van der Waals surface area contributed by atoms with E-state index in [0.29, 0.717) is 29.3 Å². The third-order valence-corrected chi connectivity index (χ3v) is 6.19. The van der Waals surface area contributed by atoms with Gasteiger partial charge in [0.15, 0.2) is 0 Å². The molecule has 1 aliphatic rings. The molecular formula is C29H26ClN3O6. The maximum absolute atomic E-state index is 13.2. The van der Waals surface area contributed by atoms with Crippen molar-refractivity contribution in [1.82, 2.24) is 0 Å². The number of halogens is 1. The standard InChI is InChI=1S/C29H26ClN3O6/c1-3-4-15-39-29(37)19-10-8-12-21(17-19)32-26(34)18-9-7-11-20(16-18)31-25-24(30)27(35)33(28(25)36)22-13-5-6-14-23(22)38-2/h5-14,16-17,31H,3-4,15H2,1-2H3,(H,32,34). The molecule has 3 amide bonds. The fraction of sp³-hybridized carbons (Fsp3) is 0.172. The number of anilines is 3. The van der Waals surface area contributed by atoms with Gasteiger partial charge in [0.2, 0.25) is 0 Å². The zero-order chi connectivity index (χ0) is 27.9. The van der Waals surface area contributed by atoms with Crippen LogP contribution in [0.3, 0.4) is 0 Å². The van der Waals surface area contributed by atoms with Gasteiger partial charge in [0.05, 0.1) is 25.0 Å². The van der Waals surface area contributed by atoms with E-state index in [1.165, 1.54) is 19.2 Å². The Hall–Kier alpha value is -4.63. The van der Waals surface area contributed by atoms with E-state index in [1.54, 1.807) is 60.7 Å². The first-order valence-corrected chi connectivity index (χ1v) is 12.6. The molecule has 0 radical (unpaired) electrons. The average Bonchev–Trinajstić information content (AvgIpc) is 3.16. The van der Waals surface area contributed by atoms with Crippen LogP contribution in [0.1, 0.15) is 40.5 Å². The first kappa shape index (κ1) is 27.4. The predicted octanol–water partition coefficient (Wildman–Crippen LogP) is 5.34. The van der Waals surface area contributed by atoms with Gasteiger partial charge in [-0.3, -0.25) is 14.4 Å². The Morgan fingerprint density at radius 2 is 1.59 bits per heavy atom. The molecule has 0 unspecified atom stereocenters. The van der Waals surface area contributed by atoms with Gasteiger partial charge in [-0.15, -0.1) is 0 Å². The monoisotopic (exact) mass is 547 g/mol. The predicted molar refractivity (Wildman–Crippen MR) is 148 cm³/mol. The molecule has 0 aliphatic carbocycles. The normalized spacial score (nSPS) is 12.9. The Labute approximate surface area is 230 Å². The van der Waals surface area contributed by atoms with Crippen molar-refractivity contribution in [2.75, 3.05) is 29.3 Å². The summed E-state index contributed by atoms with van der Waals surface area (Å²) in [6, 6.07) is 19.4. The van der Waals surface area contributed by atoms with E-state index in [1.807, 2.05) is 6.92 Å². The van der Waals surface area contributed by atoms with Crippen molar-refractivity contribution in [3.63, 3.8) is 0 Å². The largest absolute Gasteiger partial charge is 0.495 e. The Morgan fingerprint density at radius 1 is 0.897 bits per heavy atom. The van der Waals surface area contributed by atoms with E-state index < -0.39 is 23.7 Å². The van der Waals surface area contributed by atoms with Gasteiger partial charge in [0.1, 0.15) is 16.5 Å². The van der Waals surface area contributed by atoms with Crippen molar-refractivity contribution in [3.8, 4) is 5.75 Å². The molecule has 39 heavy (non-hydrogen) atoms. The van der Waals surface area contributed by atoms with E-state index >= 15 is 0 Å². The Balaban J connectivity index is 1.48. The second kappa shape index (κ2) is 12.3. The first-order chi connectivity index (χ1) is 18.8. The van der Waals surface area contributed by atoms with Gasteiger partial charge in [-0.25, -0.2) is 9.69 Å². The van der Waals surface area contributed by atoms with Crippen LogP contribution in [0.2, 0.25) is 0 Å². The highest BCUT2D eigenvalue weighted by Gasteiger charge is 2.40. The average molecular weight is 548 g/mol. The van der Waals surface area contributed by atoms with E-state index in [2.05, 4.69) is 10.6 Å². The number of carbonyl (C=O) groups is 4. The van der Waals surface area contributed by atoms with Crippen LogP contribution in [0.25, 0.3) is 0 Å². The van der Waals surface area contributed by atoms with Crippen molar-refractivity contribution in [1.29, 1.82) is 0 Å². The first-order valence-electron chi connectivity index (χ1n) is 12.2. The highest BCUT2D eigenvalue weighted by molar-refractivity contribution is 6.53. The number of unbranched alkanes of at least 4 members (excludes halogenated alkanes) is 1. The van der Waals surface area contributed by atoms with Gasteiger partial charge >= 0.3 is 5.97 Å². The number of methoxy groups -OCH3 is 1. The number of ether oxygens (including phenoxy) is 2. The molecule has 0 spiro atoms.